The zero-order chi connectivity index (χ0) is 11.6. The molecule has 1 rings (SSSR count). The second-order valence-electron chi connectivity index (χ2n) is 2.52. The summed E-state index contributed by atoms with van der Waals surface area (Å²) in [6.45, 7) is 0. The summed E-state index contributed by atoms with van der Waals surface area (Å²) < 4.78 is 23.8. The van der Waals surface area contributed by atoms with Gasteiger partial charge in [-0.3, -0.25) is 4.79 Å². The Balaban J connectivity index is 3.30. The third-order valence-electron chi connectivity index (χ3n) is 1.61. The van der Waals surface area contributed by atoms with E-state index in [4.69, 9.17) is 23.2 Å². The van der Waals surface area contributed by atoms with E-state index in [0.717, 1.165) is 7.05 Å². The van der Waals surface area contributed by atoms with Crippen molar-refractivity contribution in [3.63, 3.8) is 0 Å². The minimum atomic E-state index is -4.01. The Kier molecular flexibility index (Phi) is 3.54. The number of carbonyl (C=O) groups excluding carboxylic acids is 1. The van der Waals surface area contributed by atoms with Crippen LogP contribution in [0.3, 0.4) is 0 Å². The molecule has 82 valence electrons. The van der Waals surface area contributed by atoms with Crippen molar-refractivity contribution in [3.05, 3.63) is 23.5 Å². The van der Waals surface area contributed by atoms with Gasteiger partial charge in [0, 0.05) is 13.2 Å². The maximum absolute atomic E-state index is 11.7. The fourth-order valence-electron chi connectivity index (χ4n) is 0.806. The van der Waals surface area contributed by atoms with Gasteiger partial charge in [0.15, 0.2) is 0 Å². The predicted octanol–water partition coefficient (Wildman–Crippen LogP) is 1.71. The molecule has 1 amide bonds. The van der Waals surface area contributed by atoms with Crippen molar-refractivity contribution >= 4 is 38.6 Å². The highest BCUT2D eigenvalue weighted by Gasteiger charge is 2.26. The molecule has 0 aromatic carbocycles. The van der Waals surface area contributed by atoms with Gasteiger partial charge >= 0.3 is 5.37 Å². The zero-order valence-corrected chi connectivity index (χ0v) is 9.84. The molecule has 0 spiro atoms. The maximum atomic E-state index is 11.7. The van der Waals surface area contributed by atoms with E-state index in [1.165, 1.54) is 18.3 Å². The summed E-state index contributed by atoms with van der Waals surface area (Å²) in [5, 5.41) is -1.32. The number of hydrogen-bond donors (Lipinski definition) is 0. The number of pyridine rings is 1. The number of carbonyl (C=O) groups is 1. The van der Waals surface area contributed by atoms with Gasteiger partial charge in [0.2, 0.25) is 0 Å². The Morgan fingerprint density at radius 2 is 2.13 bits per heavy atom. The van der Waals surface area contributed by atoms with Gasteiger partial charge in [0.25, 0.3) is 10.0 Å². The van der Waals surface area contributed by atoms with E-state index in [9.17, 15) is 13.2 Å². The van der Waals surface area contributed by atoms with E-state index in [1.807, 2.05) is 0 Å². The molecule has 0 saturated heterocycles. The topological polar surface area (TPSA) is 67.3 Å². The summed E-state index contributed by atoms with van der Waals surface area (Å²) in [4.78, 5) is 14.1. The zero-order valence-electron chi connectivity index (χ0n) is 7.52. The average molecular weight is 269 g/mol. The standard InChI is InChI=1S/C7H6Cl2N2O3S/c1-11(7(9)12)15(13,14)5-3-2-4-10-6(5)8/h2-4H,1H3. The first kappa shape index (κ1) is 12.2. The molecule has 15 heavy (non-hydrogen) atoms. The summed E-state index contributed by atoms with van der Waals surface area (Å²) >= 11 is 10.6. The van der Waals surface area contributed by atoms with Gasteiger partial charge in [-0.2, -0.15) is 0 Å². The minimum Gasteiger partial charge on any atom is -0.254 e. The Bertz CT molecular complexity index is 489. The first-order chi connectivity index (χ1) is 6.87. The van der Waals surface area contributed by atoms with Gasteiger partial charge in [-0.15, -0.1) is 0 Å². The van der Waals surface area contributed by atoms with Gasteiger partial charge in [-0.05, 0) is 23.7 Å². The summed E-state index contributed by atoms with van der Waals surface area (Å²) in [7, 11) is -2.98. The number of aromatic nitrogens is 1. The summed E-state index contributed by atoms with van der Waals surface area (Å²) in [6.07, 6.45) is 1.34. The van der Waals surface area contributed by atoms with Crippen LogP contribution < -0.4 is 0 Å². The fraction of sp³-hybridized carbons (Fsp3) is 0.143. The Morgan fingerprint density at radius 3 is 2.60 bits per heavy atom. The molecule has 0 aliphatic rings. The van der Waals surface area contributed by atoms with E-state index >= 15 is 0 Å². The van der Waals surface area contributed by atoms with Gasteiger partial charge in [0.05, 0.1) is 0 Å². The average Bonchev–Trinajstić information content (AvgIpc) is 2.16. The van der Waals surface area contributed by atoms with Crippen LogP contribution in [0.2, 0.25) is 5.15 Å². The molecule has 8 heteroatoms. The van der Waals surface area contributed by atoms with Gasteiger partial charge in [-0.25, -0.2) is 17.7 Å². The van der Waals surface area contributed by atoms with Gasteiger partial charge in [0.1, 0.15) is 10.0 Å². The number of sulfonamides is 1. The number of halogens is 2. The quantitative estimate of drug-likeness (QED) is 0.465. The van der Waals surface area contributed by atoms with Crippen LogP contribution in [0.4, 0.5) is 4.79 Å². The molecule has 0 aliphatic heterocycles. The van der Waals surface area contributed by atoms with Crippen molar-refractivity contribution < 1.29 is 13.2 Å². The SMILES string of the molecule is CN(C(=O)Cl)S(=O)(=O)c1cccnc1Cl. The first-order valence-electron chi connectivity index (χ1n) is 3.66. The van der Waals surface area contributed by atoms with Crippen LogP contribution in [0.1, 0.15) is 0 Å². The van der Waals surface area contributed by atoms with Crippen LogP contribution >= 0.6 is 23.2 Å². The summed E-state index contributed by atoms with van der Waals surface area (Å²) in [5.74, 6) is 0. The van der Waals surface area contributed by atoms with Crippen molar-refractivity contribution in [2.75, 3.05) is 7.05 Å². The second kappa shape index (κ2) is 4.34. The molecular weight excluding hydrogens is 263 g/mol. The van der Waals surface area contributed by atoms with Crippen molar-refractivity contribution in [2.24, 2.45) is 0 Å². The van der Waals surface area contributed by atoms with E-state index in [2.05, 4.69) is 4.98 Å². The normalized spacial score (nSPS) is 11.1. The number of amides is 1. The monoisotopic (exact) mass is 268 g/mol. The first-order valence-corrected chi connectivity index (χ1v) is 5.86. The Morgan fingerprint density at radius 1 is 1.53 bits per heavy atom. The van der Waals surface area contributed by atoms with E-state index in [1.54, 1.807) is 0 Å². The molecule has 0 fully saturated rings. The Hall–Kier alpha value is -0.850. The molecule has 1 aromatic rings. The van der Waals surface area contributed by atoms with Crippen LogP contribution in [0.15, 0.2) is 23.2 Å². The highest BCUT2D eigenvalue weighted by molar-refractivity contribution is 7.90. The molecule has 0 saturated carbocycles. The highest BCUT2D eigenvalue weighted by atomic mass is 35.5. The van der Waals surface area contributed by atoms with Gasteiger partial charge < -0.3 is 0 Å². The smallest absolute Gasteiger partial charge is 0.254 e. The lowest BCUT2D eigenvalue weighted by Gasteiger charge is -2.14. The third-order valence-corrected chi connectivity index (χ3v) is 4.15. The fourth-order valence-corrected chi connectivity index (χ4v) is 2.49. The number of nitrogens with zero attached hydrogens (tertiary/aromatic N) is 2. The highest BCUT2D eigenvalue weighted by Crippen LogP contribution is 2.21. The molecule has 5 nitrogen and oxygen atoms in total. The largest absolute Gasteiger partial charge is 0.329 e. The molecule has 0 radical (unpaired) electrons. The van der Waals surface area contributed by atoms with E-state index in [-0.39, 0.29) is 10.0 Å². The molecule has 1 heterocycles. The molecule has 1 aromatic heterocycles. The molecule has 0 bridgehead atoms. The van der Waals surface area contributed by atoms with Crippen LogP contribution in [-0.2, 0) is 10.0 Å². The lowest BCUT2D eigenvalue weighted by molar-refractivity contribution is 0.249. The van der Waals surface area contributed by atoms with Crippen molar-refractivity contribution in [3.8, 4) is 0 Å². The molecule has 0 atom stereocenters. The second-order valence-corrected chi connectivity index (χ2v) is 5.14. The van der Waals surface area contributed by atoms with Crippen LogP contribution in [0, 0.1) is 0 Å². The molecule has 0 unspecified atom stereocenters. The minimum absolute atomic E-state index is 0.206. The summed E-state index contributed by atoms with van der Waals surface area (Å²) in [5.41, 5.74) is 0. The van der Waals surface area contributed by atoms with Crippen molar-refractivity contribution in [1.82, 2.24) is 9.29 Å². The number of rotatable bonds is 2. The summed E-state index contributed by atoms with van der Waals surface area (Å²) in [6, 6.07) is 2.63. The van der Waals surface area contributed by atoms with Crippen LogP contribution in [0.5, 0.6) is 0 Å². The lowest BCUT2D eigenvalue weighted by atomic mass is 10.5. The maximum Gasteiger partial charge on any atom is 0.329 e. The molecular formula is C7H6Cl2N2O3S. The van der Waals surface area contributed by atoms with E-state index in [0.29, 0.717) is 4.31 Å². The van der Waals surface area contributed by atoms with Crippen LogP contribution in [-0.4, -0.2) is 30.1 Å². The van der Waals surface area contributed by atoms with Crippen molar-refractivity contribution in [2.45, 2.75) is 4.90 Å². The molecule has 0 N–H and O–H groups in total. The van der Waals surface area contributed by atoms with Crippen LogP contribution in [0.25, 0.3) is 0 Å². The Labute approximate surface area is 96.7 Å². The van der Waals surface area contributed by atoms with Crippen molar-refractivity contribution in [1.29, 1.82) is 0 Å². The predicted molar refractivity (Wildman–Crippen MR) is 55.4 cm³/mol. The van der Waals surface area contributed by atoms with Gasteiger partial charge in [-0.1, -0.05) is 11.6 Å². The van der Waals surface area contributed by atoms with E-state index < -0.39 is 15.4 Å². The lowest BCUT2D eigenvalue weighted by Crippen LogP contribution is -2.29. The molecule has 0 aliphatic carbocycles. The third kappa shape index (κ3) is 2.39. The number of hydrogen-bond acceptors (Lipinski definition) is 4.